The highest BCUT2D eigenvalue weighted by Gasteiger charge is 2.09. The van der Waals surface area contributed by atoms with E-state index in [-0.39, 0.29) is 0 Å². The summed E-state index contributed by atoms with van der Waals surface area (Å²) < 4.78 is 5.74. The average molecular weight is 322 g/mol. The molecule has 0 spiro atoms. The first-order valence-corrected chi connectivity index (χ1v) is 9.26. The number of rotatable bonds is 13. The van der Waals surface area contributed by atoms with Gasteiger partial charge in [-0.25, -0.2) is 0 Å². The predicted octanol–water partition coefficient (Wildman–Crippen LogP) is 4.80. The van der Waals surface area contributed by atoms with Gasteiger partial charge in [0, 0.05) is 6.54 Å². The van der Waals surface area contributed by atoms with E-state index in [1.165, 1.54) is 32.1 Å². The van der Waals surface area contributed by atoms with E-state index in [1.54, 1.807) is 0 Å². The molecule has 0 radical (unpaired) electrons. The van der Waals surface area contributed by atoms with Crippen LogP contribution in [0.1, 0.15) is 70.5 Å². The van der Waals surface area contributed by atoms with Crippen molar-refractivity contribution in [1.82, 2.24) is 4.90 Å². The maximum Gasteiger partial charge on any atom is 0.119 e. The maximum absolute atomic E-state index is 10.3. The smallest absolute Gasteiger partial charge is 0.119 e. The van der Waals surface area contributed by atoms with Gasteiger partial charge >= 0.3 is 0 Å². The first-order valence-electron chi connectivity index (χ1n) is 9.26. The summed E-state index contributed by atoms with van der Waals surface area (Å²) >= 11 is 0. The van der Waals surface area contributed by atoms with Gasteiger partial charge in [0.15, 0.2) is 0 Å². The number of aliphatic hydroxyl groups excluding tert-OH is 1. The monoisotopic (exact) mass is 321 g/mol. The van der Waals surface area contributed by atoms with Crippen LogP contribution in [-0.4, -0.2) is 36.8 Å². The summed E-state index contributed by atoms with van der Waals surface area (Å²) in [5, 5.41) is 10.3. The number of hydrogen-bond donors (Lipinski definition) is 1. The van der Waals surface area contributed by atoms with Gasteiger partial charge < -0.3 is 14.7 Å². The molecule has 1 aromatic rings. The first-order chi connectivity index (χ1) is 11.2. The highest BCUT2D eigenvalue weighted by molar-refractivity contribution is 5.28. The number of nitrogens with zero attached hydrogens (tertiary/aromatic N) is 1. The molecule has 1 N–H and O–H groups in total. The second kappa shape index (κ2) is 12.4. The zero-order chi connectivity index (χ0) is 16.9. The Balaban J connectivity index is 2.28. The summed E-state index contributed by atoms with van der Waals surface area (Å²) in [4.78, 5) is 2.29. The van der Waals surface area contributed by atoms with Crippen LogP contribution in [0.2, 0.25) is 0 Å². The number of hydrogen-bond acceptors (Lipinski definition) is 3. The largest absolute Gasteiger partial charge is 0.494 e. The molecule has 1 unspecified atom stereocenters. The Morgan fingerprint density at radius 2 is 1.65 bits per heavy atom. The van der Waals surface area contributed by atoms with Crippen molar-refractivity contribution in [3.63, 3.8) is 0 Å². The molecule has 0 aromatic heterocycles. The Morgan fingerprint density at radius 1 is 0.957 bits per heavy atom. The number of unbranched alkanes of at least 4 members (excludes halogenated alkanes) is 4. The molecule has 3 nitrogen and oxygen atoms in total. The van der Waals surface area contributed by atoms with Gasteiger partial charge in [0.1, 0.15) is 5.75 Å². The minimum Gasteiger partial charge on any atom is -0.494 e. The van der Waals surface area contributed by atoms with Crippen LogP contribution in [0.25, 0.3) is 0 Å². The van der Waals surface area contributed by atoms with Crippen molar-refractivity contribution in [2.24, 2.45) is 0 Å². The van der Waals surface area contributed by atoms with E-state index >= 15 is 0 Å². The molecule has 1 rings (SSSR count). The van der Waals surface area contributed by atoms with Gasteiger partial charge in [0.25, 0.3) is 0 Å². The van der Waals surface area contributed by atoms with Crippen molar-refractivity contribution < 1.29 is 9.84 Å². The van der Waals surface area contributed by atoms with E-state index in [0.717, 1.165) is 43.9 Å². The maximum atomic E-state index is 10.3. The molecule has 0 saturated carbocycles. The van der Waals surface area contributed by atoms with E-state index in [2.05, 4.69) is 25.8 Å². The number of benzene rings is 1. The van der Waals surface area contributed by atoms with Crippen molar-refractivity contribution in [3.05, 3.63) is 29.8 Å². The molecule has 132 valence electrons. The quantitative estimate of drug-likeness (QED) is 0.530. The SMILES string of the molecule is CCCCCCOc1ccc(C(O)CCN(C)CCCC)cc1. The molecule has 0 aliphatic carbocycles. The molecule has 0 amide bonds. The highest BCUT2D eigenvalue weighted by atomic mass is 16.5. The molecule has 0 bridgehead atoms. The number of aliphatic hydroxyl groups is 1. The van der Waals surface area contributed by atoms with Crippen molar-refractivity contribution in [1.29, 1.82) is 0 Å². The van der Waals surface area contributed by atoms with Gasteiger partial charge in [-0.05, 0) is 50.6 Å². The van der Waals surface area contributed by atoms with Crippen LogP contribution in [-0.2, 0) is 0 Å². The van der Waals surface area contributed by atoms with Crippen molar-refractivity contribution in [2.45, 2.75) is 64.9 Å². The number of ether oxygens (including phenoxy) is 1. The van der Waals surface area contributed by atoms with Crippen LogP contribution in [0.3, 0.4) is 0 Å². The lowest BCUT2D eigenvalue weighted by molar-refractivity contribution is 0.148. The predicted molar refractivity (Wildman–Crippen MR) is 98.1 cm³/mol. The lowest BCUT2D eigenvalue weighted by atomic mass is 10.1. The topological polar surface area (TPSA) is 32.7 Å². The molecule has 0 fully saturated rings. The van der Waals surface area contributed by atoms with Gasteiger partial charge in [-0.15, -0.1) is 0 Å². The Kier molecular flexibility index (Phi) is 10.8. The summed E-state index contributed by atoms with van der Waals surface area (Å²) in [6.07, 6.45) is 7.70. The molecule has 0 heterocycles. The summed E-state index contributed by atoms with van der Waals surface area (Å²) in [6, 6.07) is 7.91. The van der Waals surface area contributed by atoms with E-state index < -0.39 is 6.10 Å². The minimum absolute atomic E-state index is 0.391. The standard InChI is InChI=1S/C20H35NO2/c1-4-6-8-9-17-23-19-12-10-18(11-13-19)20(22)14-16-21(3)15-7-5-2/h10-13,20,22H,4-9,14-17H2,1-3H3. The third kappa shape index (κ3) is 8.97. The average Bonchev–Trinajstić information content (AvgIpc) is 2.58. The van der Waals surface area contributed by atoms with Gasteiger partial charge in [-0.1, -0.05) is 51.7 Å². The molecule has 23 heavy (non-hydrogen) atoms. The molecule has 1 atom stereocenters. The highest BCUT2D eigenvalue weighted by Crippen LogP contribution is 2.20. The second-order valence-corrected chi connectivity index (χ2v) is 6.44. The molecule has 0 aliphatic rings. The lowest BCUT2D eigenvalue weighted by Gasteiger charge is -2.19. The van der Waals surface area contributed by atoms with Crippen LogP contribution in [0.5, 0.6) is 5.75 Å². The van der Waals surface area contributed by atoms with E-state index in [1.807, 2.05) is 24.3 Å². The summed E-state index contributed by atoms with van der Waals surface area (Å²) in [5.74, 6) is 0.900. The Hall–Kier alpha value is -1.06. The van der Waals surface area contributed by atoms with E-state index in [9.17, 15) is 5.11 Å². The van der Waals surface area contributed by atoms with Crippen LogP contribution in [0, 0.1) is 0 Å². The normalized spacial score (nSPS) is 12.6. The van der Waals surface area contributed by atoms with Crippen LogP contribution in [0.15, 0.2) is 24.3 Å². The van der Waals surface area contributed by atoms with Crippen molar-refractivity contribution >= 4 is 0 Å². The van der Waals surface area contributed by atoms with E-state index in [4.69, 9.17) is 4.74 Å². The fourth-order valence-corrected chi connectivity index (χ4v) is 2.55. The summed E-state index contributed by atoms with van der Waals surface area (Å²) in [6.45, 7) is 7.23. The van der Waals surface area contributed by atoms with Crippen LogP contribution >= 0.6 is 0 Å². The fraction of sp³-hybridized carbons (Fsp3) is 0.700. The second-order valence-electron chi connectivity index (χ2n) is 6.44. The molecule has 3 heteroatoms. The molecular formula is C20H35NO2. The fourth-order valence-electron chi connectivity index (χ4n) is 2.55. The van der Waals surface area contributed by atoms with Crippen molar-refractivity contribution in [3.8, 4) is 5.75 Å². The molecule has 0 aliphatic heterocycles. The van der Waals surface area contributed by atoms with E-state index in [0.29, 0.717) is 0 Å². The van der Waals surface area contributed by atoms with Gasteiger partial charge in [-0.2, -0.15) is 0 Å². The van der Waals surface area contributed by atoms with Gasteiger partial charge in [0.2, 0.25) is 0 Å². The molecule has 0 saturated heterocycles. The Morgan fingerprint density at radius 3 is 2.30 bits per heavy atom. The molecular weight excluding hydrogens is 286 g/mol. The zero-order valence-corrected chi connectivity index (χ0v) is 15.3. The van der Waals surface area contributed by atoms with Crippen molar-refractivity contribution in [2.75, 3.05) is 26.7 Å². The third-order valence-corrected chi connectivity index (χ3v) is 4.21. The molecule has 1 aromatic carbocycles. The Labute approximate surface area is 142 Å². The summed E-state index contributed by atoms with van der Waals surface area (Å²) in [5.41, 5.74) is 0.979. The first kappa shape index (κ1) is 20.0. The van der Waals surface area contributed by atoms with Crippen LogP contribution in [0.4, 0.5) is 0 Å². The Bertz CT molecular complexity index is 391. The third-order valence-electron chi connectivity index (χ3n) is 4.21. The summed E-state index contributed by atoms with van der Waals surface area (Å²) in [7, 11) is 2.12. The van der Waals surface area contributed by atoms with Crippen LogP contribution < -0.4 is 4.74 Å². The lowest BCUT2D eigenvalue weighted by Crippen LogP contribution is -2.22. The minimum atomic E-state index is -0.391. The van der Waals surface area contributed by atoms with Gasteiger partial charge in [0.05, 0.1) is 12.7 Å². The zero-order valence-electron chi connectivity index (χ0n) is 15.3. The van der Waals surface area contributed by atoms with Gasteiger partial charge in [-0.3, -0.25) is 0 Å².